The van der Waals surface area contributed by atoms with E-state index in [0.29, 0.717) is 39.1 Å². The minimum atomic E-state index is -0.410. The number of benzene rings is 2. The molecule has 0 amide bonds. The molecular formula is C21H17BrClN4O3-. The fourth-order valence-electron chi connectivity index (χ4n) is 2.92. The van der Waals surface area contributed by atoms with Gasteiger partial charge in [-0.2, -0.15) is 4.98 Å². The maximum absolute atomic E-state index is 12.7. The second kappa shape index (κ2) is 9.23. The van der Waals surface area contributed by atoms with E-state index in [1.54, 1.807) is 42.6 Å². The molecule has 0 saturated carbocycles. The number of nitrogens with one attached hydrogen (secondary N) is 1. The highest BCUT2D eigenvalue weighted by Crippen LogP contribution is 2.26. The molecule has 0 aliphatic rings. The monoisotopic (exact) mass is 487 g/mol. The van der Waals surface area contributed by atoms with Crippen molar-refractivity contribution in [2.75, 3.05) is 11.9 Å². The first-order valence-corrected chi connectivity index (χ1v) is 9.88. The van der Waals surface area contributed by atoms with Crippen molar-refractivity contribution < 1.29 is 21.9 Å². The lowest BCUT2D eigenvalue weighted by Gasteiger charge is -2.13. The molecule has 4 rings (SSSR count). The maximum Gasteiger partial charge on any atom is 0.340 e. The number of hydrogen-bond donors (Lipinski definition) is 1. The van der Waals surface area contributed by atoms with Gasteiger partial charge in [0.2, 0.25) is 5.78 Å². The highest BCUT2D eigenvalue weighted by molar-refractivity contribution is 9.10. The Morgan fingerprint density at radius 1 is 1.13 bits per heavy atom. The van der Waals surface area contributed by atoms with Crippen LogP contribution in [0.15, 0.2) is 64.0 Å². The first-order valence-electron chi connectivity index (χ1n) is 9.09. The van der Waals surface area contributed by atoms with Crippen LogP contribution in [0.5, 0.6) is 0 Å². The number of hydrogen-bond acceptors (Lipinski definition) is 6. The second-order valence-corrected chi connectivity index (χ2v) is 7.20. The van der Waals surface area contributed by atoms with Gasteiger partial charge in [0.05, 0.1) is 33.2 Å². The van der Waals surface area contributed by atoms with E-state index >= 15 is 0 Å². The predicted octanol–water partition coefficient (Wildman–Crippen LogP) is 1.32. The van der Waals surface area contributed by atoms with Gasteiger partial charge in [0, 0.05) is 6.20 Å². The Morgan fingerprint density at radius 2 is 1.87 bits per heavy atom. The third kappa shape index (κ3) is 4.15. The highest BCUT2D eigenvalue weighted by Gasteiger charge is 2.15. The lowest BCUT2D eigenvalue weighted by Crippen LogP contribution is -3.00. The molecule has 2 aromatic carbocycles. The first kappa shape index (κ1) is 21.7. The van der Waals surface area contributed by atoms with Crippen LogP contribution in [0.1, 0.15) is 23.7 Å². The van der Waals surface area contributed by atoms with Crippen LogP contribution in [0.25, 0.3) is 16.7 Å². The molecule has 30 heavy (non-hydrogen) atoms. The fourth-order valence-corrected chi connectivity index (χ4v) is 3.31. The molecule has 0 atom stereocenters. The van der Waals surface area contributed by atoms with Crippen molar-refractivity contribution in [1.29, 1.82) is 0 Å². The van der Waals surface area contributed by atoms with Crippen molar-refractivity contribution in [3.63, 3.8) is 0 Å². The minimum absolute atomic E-state index is 0. The number of carbonyl (C=O) groups is 1. The van der Waals surface area contributed by atoms with Crippen LogP contribution < -0.4 is 23.3 Å². The standard InChI is InChI=1S/C21H17BrN4O3.ClH/c1-2-11-29-20(28)14-8-4-6-10-17(14)23-18-15(22)12-26-19(27)13-7-3-5-9-16(13)24-21(26)25-18;/h3-10,12H,2,11H2,1H3,(H,23,24,25);1H/p-1. The molecule has 4 aromatic rings. The number of aromatic nitrogens is 3. The van der Waals surface area contributed by atoms with Gasteiger partial charge in [-0.3, -0.25) is 9.20 Å². The summed E-state index contributed by atoms with van der Waals surface area (Å²) in [6.45, 7) is 2.29. The number of carbonyl (C=O) groups excluding carboxylic acids is 1. The molecule has 154 valence electrons. The number of rotatable bonds is 5. The van der Waals surface area contributed by atoms with Crippen LogP contribution in [0.2, 0.25) is 0 Å². The summed E-state index contributed by atoms with van der Waals surface area (Å²) < 4.78 is 7.20. The van der Waals surface area contributed by atoms with Crippen molar-refractivity contribution in [3.8, 4) is 0 Å². The average Bonchev–Trinajstić information content (AvgIpc) is 2.74. The zero-order chi connectivity index (χ0) is 20.4. The number of halogens is 2. The van der Waals surface area contributed by atoms with Gasteiger partial charge in [-0.15, -0.1) is 0 Å². The van der Waals surface area contributed by atoms with Gasteiger partial charge >= 0.3 is 5.97 Å². The maximum atomic E-state index is 12.7. The van der Waals surface area contributed by atoms with Gasteiger partial charge in [0.1, 0.15) is 5.82 Å². The van der Waals surface area contributed by atoms with E-state index in [4.69, 9.17) is 4.74 Å². The van der Waals surface area contributed by atoms with Gasteiger partial charge in [-0.25, -0.2) is 9.78 Å². The summed E-state index contributed by atoms with van der Waals surface area (Å²) in [6.07, 6.45) is 2.36. The topological polar surface area (TPSA) is 85.6 Å². The van der Waals surface area contributed by atoms with Gasteiger partial charge in [0.15, 0.2) is 0 Å². The third-order valence-corrected chi connectivity index (χ3v) is 4.89. The molecule has 1 N–H and O–H groups in total. The Balaban J connectivity index is 0.00000256. The van der Waals surface area contributed by atoms with E-state index in [2.05, 4.69) is 31.2 Å². The molecule has 0 aliphatic carbocycles. The normalized spacial score (nSPS) is 10.6. The lowest BCUT2D eigenvalue weighted by atomic mass is 10.2. The van der Waals surface area contributed by atoms with E-state index in [1.807, 2.05) is 19.1 Å². The summed E-state index contributed by atoms with van der Waals surface area (Å²) in [6, 6.07) is 14.1. The summed E-state index contributed by atoms with van der Waals surface area (Å²) in [4.78, 5) is 34.0. The second-order valence-electron chi connectivity index (χ2n) is 6.35. The highest BCUT2D eigenvalue weighted by atomic mass is 79.9. The number of anilines is 2. The molecule has 2 heterocycles. The quantitative estimate of drug-likeness (QED) is 0.337. The lowest BCUT2D eigenvalue weighted by molar-refractivity contribution is -0.0000239. The average molecular weight is 489 g/mol. The Bertz CT molecular complexity index is 1290. The zero-order valence-corrected chi connectivity index (χ0v) is 18.3. The number of para-hydroxylation sites is 2. The van der Waals surface area contributed by atoms with Crippen LogP contribution in [0, 0.1) is 0 Å². The molecule has 9 heteroatoms. The van der Waals surface area contributed by atoms with Crippen LogP contribution in [0.4, 0.5) is 11.5 Å². The third-order valence-electron chi connectivity index (χ3n) is 4.31. The van der Waals surface area contributed by atoms with Crippen molar-refractivity contribution >= 4 is 50.1 Å². The van der Waals surface area contributed by atoms with E-state index in [9.17, 15) is 9.59 Å². The molecule has 0 fully saturated rings. The van der Waals surface area contributed by atoms with E-state index in [0.717, 1.165) is 6.42 Å². The molecule has 0 aliphatic heterocycles. The molecule has 0 bridgehead atoms. The predicted molar refractivity (Wildman–Crippen MR) is 115 cm³/mol. The van der Waals surface area contributed by atoms with E-state index in [-0.39, 0.29) is 23.7 Å². The van der Waals surface area contributed by atoms with Gasteiger partial charge < -0.3 is 22.5 Å². The Kier molecular flexibility index (Phi) is 6.69. The summed E-state index contributed by atoms with van der Waals surface area (Å²) in [5.74, 6) is 0.278. The van der Waals surface area contributed by atoms with Crippen molar-refractivity contribution in [2.24, 2.45) is 0 Å². The van der Waals surface area contributed by atoms with Crippen molar-refractivity contribution in [3.05, 3.63) is 75.1 Å². The first-order chi connectivity index (χ1) is 14.1. The number of esters is 1. The molecule has 0 saturated heterocycles. The largest absolute Gasteiger partial charge is 1.00 e. The number of fused-ring (bicyclic) bond motifs is 2. The SMILES string of the molecule is CCCOC(=O)c1ccccc1Nc1nc2nc3ccccc3c(=O)n2cc1Br.[Cl-]. The van der Waals surface area contributed by atoms with Crippen molar-refractivity contribution in [2.45, 2.75) is 13.3 Å². The molecule has 0 radical (unpaired) electrons. The van der Waals surface area contributed by atoms with E-state index in [1.165, 1.54) is 4.40 Å². The number of ether oxygens (including phenoxy) is 1. The Labute approximate surface area is 186 Å². The summed E-state index contributed by atoms with van der Waals surface area (Å²) in [7, 11) is 0. The Morgan fingerprint density at radius 3 is 2.67 bits per heavy atom. The smallest absolute Gasteiger partial charge is 0.340 e. The van der Waals surface area contributed by atoms with E-state index < -0.39 is 5.97 Å². The molecular weight excluding hydrogens is 472 g/mol. The number of nitrogens with zero attached hydrogens (tertiary/aromatic N) is 3. The summed E-state index contributed by atoms with van der Waals surface area (Å²) in [5.41, 5.74) is 1.32. The zero-order valence-electron chi connectivity index (χ0n) is 15.9. The van der Waals surface area contributed by atoms with Crippen LogP contribution in [-0.2, 0) is 4.74 Å². The molecule has 0 unspecified atom stereocenters. The van der Waals surface area contributed by atoms with Crippen LogP contribution in [-0.4, -0.2) is 26.9 Å². The summed E-state index contributed by atoms with van der Waals surface area (Å²) in [5, 5.41) is 3.66. The van der Waals surface area contributed by atoms with Gasteiger partial charge in [0.25, 0.3) is 5.56 Å². The van der Waals surface area contributed by atoms with Crippen LogP contribution >= 0.6 is 15.9 Å². The molecule has 0 spiro atoms. The Hall–Kier alpha value is -2.97. The van der Waals surface area contributed by atoms with Crippen molar-refractivity contribution in [1.82, 2.24) is 14.4 Å². The molecule has 2 aromatic heterocycles. The fraction of sp³-hybridized carbons (Fsp3) is 0.143. The van der Waals surface area contributed by atoms with Crippen LogP contribution in [0.3, 0.4) is 0 Å². The van der Waals surface area contributed by atoms with Gasteiger partial charge in [-0.1, -0.05) is 31.2 Å². The summed E-state index contributed by atoms with van der Waals surface area (Å²) >= 11 is 3.45. The molecule has 7 nitrogen and oxygen atoms in total. The van der Waals surface area contributed by atoms with Gasteiger partial charge in [-0.05, 0) is 46.6 Å². The minimum Gasteiger partial charge on any atom is -1.00 e.